The Hall–Kier alpha value is -2.31. The van der Waals surface area contributed by atoms with Gasteiger partial charge in [0.15, 0.2) is 0 Å². The van der Waals surface area contributed by atoms with Gasteiger partial charge < -0.3 is 19.3 Å². The van der Waals surface area contributed by atoms with Crippen molar-refractivity contribution in [2.24, 2.45) is 5.92 Å². The van der Waals surface area contributed by atoms with Gasteiger partial charge in [-0.25, -0.2) is 14.0 Å². The number of hydrogen-bond donors (Lipinski definition) is 0. The van der Waals surface area contributed by atoms with Crippen molar-refractivity contribution < 1.29 is 23.5 Å². The molecule has 1 amide bonds. The van der Waals surface area contributed by atoms with E-state index in [2.05, 4.69) is 4.74 Å². The first-order valence-corrected chi connectivity index (χ1v) is 9.16. The Bertz CT molecular complexity index is 700. The van der Waals surface area contributed by atoms with Crippen LogP contribution in [0.3, 0.4) is 0 Å². The molecular weight excluding hydrogens is 351 g/mol. The molecule has 1 aromatic rings. The topological polar surface area (TPSA) is 59.1 Å². The fourth-order valence-electron chi connectivity index (χ4n) is 3.14. The summed E-state index contributed by atoms with van der Waals surface area (Å²) >= 11 is 0. The first-order valence-electron chi connectivity index (χ1n) is 9.16. The number of carbonyl (C=O) groups is 2. The number of nitrogens with zero attached hydrogens (tertiary/aromatic N) is 2. The molecule has 1 heterocycles. The summed E-state index contributed by atoms with van der Waals surface area (Å²) in [4.78, 5) is 27.9. The van der Waals surface area contributed by atoms with Gasteiger partial charge in [0.05, 0.1) is 18.7 Å². The van der Waals surface area contributed by atoms with Gasteiger partial charge in [-0.15, -0.1) is 0 Å². The van der Waals surface area contributed by atoms with Crippen molar-refractivity contribution in [3.63, 3.8) is 0 Å². The Balaban J connectivity index is 2.18. The highest BCUT2D eigenvalue weighted by Gasteiger charge is 2.35. The highest BCUT2D eigenvalue weighted by atomic mass is 19.1. The largest absolute Gasteiger partial charge is 0.465 e. The molecule has 27 heavy (non-hydrogen) atoms. The van der Waals surface area contributed by atoms with Crippen LogP contribution >= 0.6 is 0 Å². The fourth-order valence-corrected chi connectivity index (χ4v) is 3.14. The second-order valence-corrected chi connectivity index (χ2v) is 8.09. The van der Waals surface area contributed by atoms with Crippen LogP contribution in [0.15, 0.2) is 18.2 Å². The second-order valence-electron chi connectivity index (χ2n) is 8.09. The Morgan fingerprint density at radius 1 is 1.22 bits per heavy atom. The van der Waals surface area contributed by atoms with Crippen molar-refractivity contribution in [2.45, 2.75) is 46.3 Å². The zero-order chi connectivity index (χ0) is 20.4. The lowest BCUT2D eigenvalue weighted by Gasteiger charge is -2.44. The molecule has 1 fully saturated rings. The Kier molecular flexibility index (Phi) is 6.34. The summed E-state index contributed by atoms with van der Waals surface area (Å²) in [5.74, 6) is -1.11. The van der Waals surface area contributed by atoms with Gasteiger partial charge in [0, 0.05) is 25.3 Å². The Labute approximate surface area is 160 Å². The van der Waals surface area contributed by atoms with Gasteiger partial charge in [0.25, 0.3) is 0 Å². The highest BCUT2D eigenvalue weighted by molar-refractivity contribution is 5.90. The number of ether oxygens (including phenoxy) is 2. The lowest BCUT2D eigenvalue weighted by molar-refractivity contribution is 0.00880. The predicted octanol–water partition coefficient (Wildman–Crippen LogP) is 3.69. The molecule has 150 valence electrons. The van der Waals surface area contributed by atoms with E-state index in [4.69, 9.17) is 4.74 Å². The lowest BCUT2D eigenvalue weighted by atomic mass is 9.99. The van der Waals surface area contributed by atoms with Crippen LogP contribution < -0.4 is 4.90 Å². The maximum Gasteiger partial charge on any atom is 0.410 e. The summed E-state index contributed by atoms with van der Waals surface area (Å²) in [7, 11) is 1.22. The van der Waals surface area contributed by atoms with E-state index in [-0.39, 0.29) is 23.6 Å². The van der Waals surface area contributed by atoms with Crippen LogP contribution in [-0.4, -0.2) is 55.3 Å². The van der Waals surface area contributed by atoms with Crippen LogP contribution in [0.25, 0.3) is 0 Å². The monoisotopic (exact) mass is 380 g/mol. The number of esters is 1. The summed E-state index contributed by atoms with van der Waals surface area (Å²) in [5.41, 5.74) is 0.0338. The first kappa shape index (κ1) is 21.0. The van der Waals surface area contributed by atoms with E-state index in [1.54, 1.807) is 11.0 Å². The molecule has 1 aromatic carbocycles. The second kappa shape index (κ2) is 8.15. The molecular formula is C20H29FN2O4. The van der Waals surface area contributed by atoms with Gasteiger partial charge >= 0.3 is 12.1 Å². The maximum absolute atomic E-state index is 14.3. The van der Waals surface area contributed by atoms with Crippen LogP contribution in [0, 0.1) is 11.7 Å². The molecule has 1 saturated heterocycles. The fraction of sp³-hybridized carbons (Fsp3) is 0.600. The van der Waals surface area contributed by atoms with E-state index in [0.717, 1.165) is 0 Å². The number of hydrogen-bond acceptors (Lipinski definition) is 5. The SMILES string of the molecule is COC(=O)c1ccc(N2CCN(C(=O)OC(C)(C)C)C(C(C)C)C2)cc1F. The molecule has 1 unspecified atom stereocenters. The molecule has 0 radical (unpaired) electrons. The van der Waals surface area contributed by atoms with Gasteiger partial charge in [-0.1, -0.05) is 13.8 Å². The number of halogens is 1. The Morgan fingerprint density at radius 2 is 1.89 bits per heavy atom. The molecule has 0 spiro atoms. The number of methoxy groups -OCH3 is 1. The van der Waals surface area contributed by atoms with Crippen molar-refractivity contribution >= 4 is 17.7 Å². The molecule has 1 atom stereocenters. The van der Waals surface area contributed by atoms with E-state index < -0.39 is 17.4 Å². The van der Waals surface area contributed by atoms with Gasteiger partial charge in [0.1, 0.15) is 11.4 Å². The highest BCUT2D eigenvalue weighted by Crippen LogP contribution is 2.26. The third-order valence-corrected chi connectivity index (χ3v) is 4.54. The normalized spacial score (nSPS) is 17.9. The first-order chi connectivity index (χ1) is 12.5. The van der Waals surface area contributed by atoms with Crippen LogP contribution in [0.2, 0.25) is 0 Å². The standard InChI is InChI=1S/C20H29FN2O4/c1-13(2)17-12-22(9-10-23(17)19(25)27-20(3,4)5)14-7-8-15(16(21)11-14)18(24)26-6/h7-8,11,13,17H,9-10,12H2,1-6H3. The molecule has 0 aliphatic carbocycles. The Morgan fingerprint density at radius 3 is 2.41 bits per heavy atom. The minimum Gasteiger partial charge on any atom is -0.465 e. The van der Waals surface area contributed by atoms with Crippen molar-refractivity contribution in [1.29, 1.82) is 0 Å². The zero-order valence-corrected chi connectivity index (χ0v) is 16.9. The number of rotatable bonds is 3. The third kappa shape index (κ3) is 5.11. The molecule has 0 bridgehead atoms. The molecule has 1 aliphatic heterocycles. The van der Waals surface area contributed by atoms with E-state index in [0.29, 0.717) is 25.3 Å². The number of benzene rings is 1. The average molecular weight is 380 g/mol. The van der Waals surface area contributed by atoms with Crippen molar-refractivity contribution in [3.05, 3.63) is 29.6 Å². The quantitative estimate of drug-likeness (QED) is 0.749. The third-order valence-electron chi connectivity index (χ3n) is 4.54. The van der Waals surface area contributed by atoms with Crippen molar-refractivity contribution in [1.82, 2.24) is 4.90 Å². The van der Waals surface area contributed by atoms with Gasteiger partial charge in [-0.3, -0.25) is 0 Å². The molecule has 1 aliphatic rings. The summed E-state index contributed by atoms with van der Waals surface area (Å²) in [5, 5.41) is 0. The van der Waals surface area contributed by atoms with E-state index in [1.165, 1.54) is 19.2 Å². The number of carbonyl (C=O) groups excluding carboxylic acids is 2. The molecule has 6 nitrogen and oxygen atoms in total. The molecule has 0 N–H and O–H groups in total. The molecule has 7 heteroatoms. The van der Waals surface area contributed by atoms with Crippen molar-refractivity contribution in [3.8, 4) is 0 Å². The van der Waals surface area contributed by atoms with Crippen LogP contribution in [0.5, 0.6) is 0 Å². The molecule has 2 rings (SSSR count). The van der Waals surface area contributed by atoms with E-state index >= 15 is 0 Å². The average Bonchev–Trinajstić information content (AvgIpc) is 2.58. The van der Waals surface area contributed by atoms with Gasteiger partial charge in [0.2, 0.25) is 0 Å². The zero-order valence-electron chi connectivity index (χ0n) is 16.9. The number of piperazine rings is 1. The molecule has 0 aromatic heterocycles. The minimum absolute atomic E-state index is 0.0584. The molecule has 0 saturated carbocycles. The summed E-state index contributed by atoms with van der Waals surface area (Å²) < 4.78 is 24.4. The number of amides is 1. The van der Waals surface area contributed by atoms with Crippen molar-refractivity contribution in [2.75, 3.05) is 31.6 Å². The van der Waals surface area contributed by atoms with Crippen LogP contribution in [0.4, 0.5) is 14.9 Å². The minimum atomic E-state index is -0.700. The van der Waals surface area contributed by atoms with Crippen LogP contribution in [-0.2, 0) is 9.47 Å². The predicted molar refractivity (Wildman–Crippen MR) is 102 cm³/mol. The summed E-state index contributed by atoms with van der Waals surface area (Å²) in [6.07, 6.45) is -0.326. The van der Waals surface area contributed by atoms with Gasteiger partial charge in [-0.05, 0) is 44.9 Å². The smallest absolute Gasteiger partial charge is 0.410 e. The summed E-state index contributed by atoms with van der Waals surface area (Å²) in [6.45, 7) is 11.2. The summed E-state index contributed by atoms with van der Waals surface area (Å²) in [6, 6.07) is 4.42. The van der Waals surface area contributed by atoms with Gasteiger partial charge in [-0.2, -0.15) is 0 Å². The van der Waals surface area contributed by atoms with E-state index in [9.17, 15) is 14.0 Å². The lowest BCUT2D eigenvalue weighted by Crippen LogP contribution is -2.58. The van der Waals surface area contributed by atoms with Crippen LogP contribution in [0.1, 0.15) is 45.0 Å². The van der Waals surface area contributed by atoms with E-state index in [1.807, 2.05) is 39.5 Å². The maximum atomic E-state index is 14.3. The number of anilines is 1.